The van der Waals surface area contributed by atoms with Crippen LogP contribution in [0.15, 0.2) is 18.2 Å². The lowest BCUT2D eigenvalue weighted by Gasteiger charge is -2.33. The summed E-state index contributed by atoms with van der Waals surface area (Å²) in [7, 11) is 1.50. The Labute approximate surface area is 101 Å². The molecule has 2 atom stereocenters. The van der Waals surface area contributed by atoms with E-state index in [0.29, 0.717) is 11.7 Å². The third-order valence-electron chi connectivity index (χ3n) is 3.59. The van der Waals surface area contributed by atoms with Crippen LogP contribution in [0.5, 0.6) is 11.5 Å². The molecule has 0 aliphatic heterocycles. The summed E-state index contributed by atoms with van der Waals surface area (Å²) in [4.78, 5) is 0. The van der Waals surface area contributed by atoms with Crippen LogP contribution in [0.2, 0.25) is 0 Å². The number of hydrogen-bond acceptors (Lipinski definition) is 4. The van der Waals surface area contributed by atoms with Gasteiger partial charge in [-0.05, 0) is 36.5 Å². The third kappa shape index (κ3) is 2.37. The average molecular weight is 237 g/mol. The second-order valence-electron chi connectivity index (χ2n) is 4.64. The van der Waals surface area contributed by atoms with Gasteiger partial charge in [-0.15, -0.1) is 0 Å². The largest absolute Gasteiger partial charge is 0.504 e. The van der Waals surface area contributed by atoms with E-state index in [2.05, 4.69) is 0 Å². The molecular formula is C13H19NO3. The lowest BCUT2D eigenvalue weighted by atomic mass is 9.77. The van der Waals surface area contributed by atoms with Crippen molar-refractivity contribution in [3.63, 3.8) is 0 Å². The lowest BCUT2D eigenvalue weighted by Crippen LogP contribution is -2.36. The van der Waals surface area contributed by atoms with E-state index in [1.165, 1.54) is 13.5 Å². The zero-order valence-corrected chi connectivity index (χ0v) is 9.97. The van der Waals surface area contributed by atoms with E-state index in [0.717, 1.165) is 18.4 Å². The van der Waals surface area contributed by atoms with Crippen LogP contribution < -0.4 is 10.5 Å². The van der Waals surface area contributed by atoms with Crippen molar-refractivity contribution in [3.8, 4) is 11.5 Å². The van der Waals surface area contributed by atoms with Gasteiger partial charge in [0, 0.05) is 0 Å². The molecule has 4 heteroatoms. The van der Waals surface area contributed by atoms with Crippen LogP contribution in [0.3, 0.4) is 0 Å². The topological polar surface area (TPSA) is 75.7 Å². The van der Waals surface area contributed by atoms with Crippen molar-refractivity contribution in [2.45, 2.75) is 31.4 Å². The van der Waals surface area contributed by atoms with Gasteiger partial charge in [-0.1, -0.05) is 12.5 Å². The van der Waals surface area contributed by atoms with Gasteiger partial charge in [0.25, 0.3) is 0 Å². The number of aromatic hydroxyl groups is 1. The van der Waals surface area contributed by atoms with E-state index >= 15 is 0 Å². The fourth-order valence-corrected chi connectivity index (χ4v) is 2.19. The predicted molar refractivity (Wildman–Crippen MR) is 64.9 cm³/mol. The van der Waals surface area contributed by atoms with Crippen LogP contribution in [0.25, 0.3) is 0 Å². The van der Waals surface area contributed by atoms with E-state index in [9.17, 15) is 10.2 Å². The molecule has 0 amide bonds. The number of aliphatic hydroxyl groups excluding tert-OH is 1. The molecular weight excluding hydrogens is 218 g/mol. The number of hydrogen-bond donors (Lipinski definition) is 3. The van der Waals surface area contributed by atoms with Gasteiger partial charge in [-0.3, -0.25) is 0 Å². The molecule has 1 aromatic rings. The molecule has 1 aromatic carbocycles. The van der Waals surface area contributed by atoms with Gasteiger partial charge >= 0.3 is 0 Å². The van der Waals surface area contributed by atoms with Gasteiger partial charge in [0.15, 0.2) is 11.5 Å². The van der Waals surface area contributed by atoms with Crippen LogP contribution >= 0.6 is 0 Å². The Morgan fingerprint density at radius 1 is 1.41 bits per heavy atom. The van der Waals surface area contributed by atoms with Crippen molar-refractivity contribution in [1.82, 2.24) is 0 Å². The summed E-state index contributed by atoms with van der Waals surface area (Å²) in [5.74, 6) is 0.773. The first-order chi connectivity index (χ1) is 8.13. The minimum atomic E-state index is -0.531. The van der Waals surface area contributed by atoms with Crippen molar-refractivity contribution < 1.29 is 14.9 Å². The summed E-state index contributed by atoms with van der Waals surface area (Å²) in [6.45, 7) is 0. The molecule has 0 aromatic heterocycles. The SMILES string of the molecule is COc1ccc([C@@H](N)[C@@H](O)C2CCC2)cc1O. The summed E-state index contributed by atoms with van der Waals surface area (Å²) >= 11 is 0. The van der Waals surface area contributed by atoms with Crippen LogP contribution in [0.4, 0.5) is 0 Å². The highest BCUT2D eigenvalue weighted by atomic mass is 16.5. The highest BCUT2D eigenvalue weighted by Gasteiger charge is 2.30. The summed E-state index contributed by atoms with van der Waals surface area (Å²) in [5.41, 5.74) is 6.75. The maximum Gasteiger partial charge on any atom is 0.160 e. The summed E-state index contributed by atoms with van der Waals surface area (Å²) in [6, 6.07) is 4.56. The molecule has 4 nitrogen and oxygen atoms in total. The van der Waals surface area contributed by atoms with Crippen molar-refractivity contribution in [2.24, 2.45) is 11.7 Å². The summed E-state index contributed by atoms with van der Waals surface area (Å²) < 4.78 is 4.97. The van der Waals surface area contributed by atoms with Crippen LogP contribution in [0, 0.1) is 5.92 Å². The number of aliphatic hydroxyl groups is 1. The summed E-state index contributed by atoms with van der Waals surface area (Å²) in [5, 5.41) is 19.7. The normalized spacial score (nSPS) is 19.5. The number of rotatable bonds is 4. The second kappa shape index (κ2) is 4.94. The number of ether oxygens (including phenoxy) is 1. The molecule has 0 unspecified atom stereocenters. The zero-order valence-electron chi connectivity index (χ0n) is 9.97. The number of phenols is 1. The first-order valence-corrected chi connectivity index (χ1v) is 5.94. The summed E-state index contributed by atoms with van der Waals surface area (Å²) in [6.07, 6.45) is 2.72. The number of phenolic OH excluding ortho intramolecular Hbond substituents is 1. The Kier molecular flexibility index (Phi) is 3.54. The Bertz CT molecular complexity index is 390. The maximum absolute atomic E-state index is 10.1. The Morgan fingerprint density at radius 2 is 2.12 bits per heavy atom. The molecule has 17 heavy (non-hydrogen) atoms. The molecule has 0 heterocycles. The van der Waals surface area contributed by atoms with Crippen LogP contribution in [-0.2, 0) is 0 Å². The first-order valence-electron chi connectivity index (χ1n) is 5.94. The second-order valence-corrected chi connectivity index (χ2v) is 4.64. The quantitative estimate of drug-likeness (QED) is 0.743. The lowest BCUT2D eigenvalue weighted by molar-refractivity contribution is 0.0413. The molecule has 1 fully saturated rings. The molecule has 0 bridgehead atoms. The molecule has 1 aliphatic carbocycles. The van der Waals surface area contributed by atoms with Crippen molar-refractivity contribution in [1.29, 1.82) is 0 Å². The average Bonchev–Trinajstić information content (AvgIpc) is 2.25. The van der Waals surface area contributed by atoms with E-state index in [4.69, 9.17) is 10.5 Å². The highest BCUT2D eigenvalue weighted by Crippen LogP contribution is 2.36. The Morgan fingerprint density at radius 3 is 2.59 bits per heavy atom. The molecule has 94 valence electrons. The highest BCUT2D eigenvalue weighted by molar-refractivity contribution is 5.42. The van der Waals surface area contributed by atoms with Gasteiger partial charge in [0.05, 0.1) is 19.3 Å². The molecule has 0 saturated heterocycles. The number of methoxy groups -OCH3 is 1. The molecule has 0 spiro atoms. The maximum atomic E-state index is 10.1. The molecule has 1 saturated carbocycles. The zero-order chi connectivity index (χ0) is 12.4. The van der Waals surface area contributed by atoms with Crippen molar-refractivity contribution in [3.05, 3.63) is 23.8 Å². The molecule has 0 radical (unpaired) electrons. The molecule has 4 N–H and O–H groups in total. The smallest absolute Gasteiger partial charge is 0.160 e. The first kappa shape index (κ1) is 12.2. The standard InChI is InChI=1S/C13H19NO3/c1-17-11-6-5-9(7-10(11)15)12(14)13(16)8-3-2-4-8/h5-8,12-13,15-16H,2-4,14H2,1H3/t12-,13+/m1/s1. The number of nitrogens with two attached hydrogens (primary N) is 1. The van der Waals surface area contributed by atoms with Crippen LogP contribution in [0.1, 0.15) is 30.9 Å². The number of benzene rings is 1. The minimum absolute atomic E-state index is 0.0567. The predicted octanol–water partition coefficient (Wildman–Crippen LogP) is 1.56. The fraction of sp³-hybridized carbons (Fsp3) is 0.538. The van der Waals surface area contributed by atoms with E-state index < -0.39 is 12.1 Å². The third-order valence-corrected chi connectivity index (χ3v) is 3.59. The Balaban J connectivity index is 2.12. The van der Waals surface area contributed by atoms with Gasteiger partial charge in [-0.25, -0.2) is 0 Å². The molecule has 2 rings (SSSR count). The van der Waals surface area contributed by atoms with Gasteiger partial charge in [-0.2, -0.15) is 0 Å². The van der Waals surface area contributed by atoms with Crippen LogP contribution in [-0.4, -0.2) is 23.4 Å². The molecule has 1 aliphatic rings. The van der Waals surface area contributed by atoms with Gasteiger partial charge < -0.3 is 20.7 Å². The van der Waals surface area contributed by atoms with Gasteiger partial charge in [0.1, 0.15) is 0 Å². The Hall–Kier alpha value is -1.26. The van der Waals surface area contributed by atoms with E-state index in [1.807, 2.05) is 0 Å². The fourth-order valence-electron chi connectivity index (χ4n) is 2.19. The van der Waals surface area contributed by atoms with Gasteiger partial charge in [0.2, 0.25) is 0 Å². The van der Waals surface area contributed by atoms with Crippen molar-refractivity contribution >= 4 is 0 Å². The van der Waals surface area contributed by atoms with Crippen molar-refractivity contribution in [2.75, 3.05) is 7.11 Å². The van der Waals surface area contributed by atoms with E-state index in [-0.39, 0.29) is 5.75 Å². The minimum Gasteiger partial charge on any atom is -0.504 e. The van der Waals surface area contributed by atoms with E-state index in [1.54, 1.807) is 18.2 Å². The monoisotopic (exact) mass is 237 g/mol.